The van der Waals surface area contributed by atoms with Gasteiger partial charge in [-0.1, -0.05) is 55.2 Å². The van der Waals surface area contributed by atoms with E-state index in [1.807, 2.05) is 68.4 Å². The molecular weight excluding hydrogens is 569 g/mol. The van der Waals surface area contributed by atoms with Crippen LogP contribution in [0.2, 0.25) is 10.0 Å². The first-order valence-electron chi connectivity index (χ1n) is 13.8. The second-order valence-electron chi connectivity index (χ2n) is 10.2. The molecule has 0 N–H and O–H groups in total. The Morgan fingerprint density at radius 2 is 1.71 bits per heavy atom. The Morgan fingerprint density at radius 3 is 2.43 bits per heavy atom. The SMILES string of the molecule is CCOc1cc(C)c(-c2nc3ccccc3c(=O)n2N=Cc2ccc(OCc3ccc(Cl)c(Cl)c3)cc2)cc1C(C)C. The van der Waals surface area contributed by atoms with Gasteiger partial charge in [-0.2, -0.15) is 9.78 Å². The highest BCUT2D eigenvalue weighted by atomic mass is 35.5. The lowest BCUT2D eigenvalue weighted by Crippen LogP contribution is -2.20. The lowest BCUT2D eigenvalue weighted by molar-refractivity contribution is 0.306. The number of hydrogen-bond donors (Lipinski definition) is 0. The van der Waals surface area contributed by atoms with Crippen LogP contribution in [0.1, 0.15) is 48.9 Å². The highest BCUT2D eigenvalue weighted by Gasteiger charge is 2.18. The van der Waals surface area contributed by atoms with E-state index in [2.05, 4.69) is 25.0 Å². The van der Waals surface area contributed by atoms with Gasteiger partial charge in [-0.3, -0.25) is 4.79 Å². The second kappa shape index (κ2) is 12.8. The number of fused-ring (bicyclic) bond motifs is 1. The van der Waals surface area contributed by atoms with E-state index in [0.29, 0.717) is 45.7 Å². The van der Waals surface area contributed by atoms with Crippen LogP contribution in [0.4, 0.5) is 0 Å². The molecule has 0 fully saturated rings. The number of aromatic nitrogens is 2. The Balaban J connectivity index is 1.49. The Morgan fingerprint density at radius 1 is 0.952 bits per heavy atom. The normalized spacial score (nSPS) is 11.5. The van der Waals surface area contributed by atoms with Crippen LogP contribution in [0.5, 0.6) is 11.5 Å². The van der Waals surface area contributed by atoms with Crippen LogP contribution in [-0.4, -0.2) is 22.5 Å². The standard InChI is InChI=1S/C34H31Cl2N3O3/c1-5-41-32-16-22(4)28(18-27(32)21(2)3)33-38-31-9-7-6-8-26(31)34(40)39(33)37-19-23-10-13-25(14-11-23)42-20-24-12-15-29(35)30(36)17-24/h6-19,21H,5,20H2,1-4H3. The highest BCUT2D eigenvalue weighted by molar-refractivity contribution is 6.42. The molecule has 5 aromatic rings. The molecule has 0 atom stereocenters. The van der Waals surface area contributed by atoms with Crippen molar-refractivity contribution in [2.45, 2.75) is 40.2 Å². The predicted octanol–water partition coefficient (Wildman–Crippen LogP) is 8.66. The summed E-state index contributed by atoms with van der Waals surface area (Å²) >= 11 is 12.1. The predicted molar refractivity (Wildman–Crippen MR) is 172 cm³/mol. The van der Waals surface area contributed by atoms with E-state index in [1.54, 1.807) is 24.4 Å². The third-order valence-electron chi connectivity index (χ3n) is 6.87. The summed E-state index contributed by atoms with van der Waals surface area (Å²) in [6.45, 7) is 9.13. The molecule has 4 aromatic carbocycles. The average Bonchev–Trinajstić information content (AvgIpc) is 2.98. The van der Waals surface area contributed by atoms with E-state index in [4.69, 9.17) is 37.7 Å². The second-order valence-corrected chi connectivity index (χ2v) is 11.0. The van der Waals surface area contributed by atoms with Crippen LogP contribution in [0, 0.1) is 6.92 Å². The maximum Gasteiger partial charge on any atom is 0.282 e. The van der Waals surface area contributed by atoms with E-state index in [-0.39, 0.29) is 11.5 Å². The highest BCUT2D eigenvalue weighted by Crippen LogP contribution is 2.34. The first-order valence-corrected chi connectivity index (χ1v) is 14.5. The van der Waals surface area contributed by atoms with E-state index in [1.165, 1.54) is 4.68 Å². The van der Waals surface area contributed by atoms with Crippen LogP contribution in [0.15, 0.2) is 88.8 Å². The summed E-state index contributed by atoms with van der Waals surface area (Å²) < 4.78 is 13.2. The largest absolute Gasteiger partial charge is 0.494 e. The lowest BCUT2D eigenvalue weighted by Gasteiger charge is -2.18. The molecule has 1 heterocycles. The minimum absolute atomic E-state index is 0.215. The molecule has 0 saturated heterocycles. The Labute approximate surface area is 255 Å². The number of rotatable bonds is 9. The smallest absolute Gasteiger partial charge is 0.282 e. The molecule has 6 nitrogen and oxygen atoms in total. The van der Waals surface area contributed by atoms with E-state index in [9.17, 15) is 4.79 Å². The molecular formula is C34H31Cl2N3O3. The first-order chi connectivity index (χ1) is 20.2. The van der Waals surface area contributed by atoms with Crippen LogP contribution >= 0.6 is 23.2 Å². The van der Waals surface area contributed by atoms with Gasteiger partial charge in [-0.15, -0.1) is 0 Å². The number of ether oxygens (including phenoxy) is 2. The third kappa shape index (κ3) is 6.35. The van der Waals surface area contributed by atoms with Gasteiger partial charge in [0, 0.05) is 5.56 Å². The van der Waals surface area contributed by atoms with Crippen LogP contribution < -0.4 is 15.0 Å². The van der Waals surface area contributed by atoms with E-state index < -0.39 is 0 Å². The van der Waals surface area contributed by atoms with Crippen LogP contribution in [0.25, 0.3) is 22.3 Å². The van der Waals surface area contributed by atoms with Gasteiger partial charge in [0.2, 0.25) is 0 Å². The molecule has 0 aliphatic carbocycles. The summed E-state index contributed by atoms with van der Waals surface area (Å²) in [6.07, 6.45) is 1.65. The molecule has 0 aliphatic rings. The molecule has 0 aliphatic heterocycles. The molecule has 214 valence electrons. The third-order valence-corrected chi connectivity index (χ3v) is 7.60. The van der Waals surface area contributed by atoms with Crippen molar-refractivity contribution in [3.05, 3.63) is 122 Å². The first kappa shape index (κ1) is 29.4. The molecule has 0 spiro atoms. The monoisotopic (exact) mass is 599 g/mol. The fourth-order valence-corrected chi connectivity index (χ4v) is 4.97. The summed E-state index contributed by atoms with van der Waals surface area (Å²) in [5.41, 5.74) is 4.90. The molecule has 1 aromatic heterocycles. The van der Waals surface area contributed by atoms with Gasteiger partial charge in [0.1, 0.15) is 18.1 Å². The topological polar surface area (TPSA) is 65.7 Å². The van der Waals surface area contributed by atoms with Crippen molar-refractivity contribution >= 4 is 40.3 Å². The van der Waals surface area contributed by atoms with Gasteiger partial charge in [-0.25, -0.2) is 4.98 Å². The maximum atomic E-state index is 13.7. The van der Waals surface area contributed by atoms with Crippen molar-refractivity contribution in [2.75, 3.05) is 6.61 Å². The van der Waals surface area contributed by atoms with Crippen molar-refractivity contribution in [2.24, 2.45) is 5.10 Å². The molecule has 5 rings (SSSR count). The summed E-state index contributed by atoms with van der Waals surface area (Å²) in [7, 11) is 0. The van der Waals surface area contributed by atoms with Crippen molar-refractivity contribution in [3.8, 4) is 22.9 Å². The molecule has 0 amide bonds. The molecule has 0 radical (unpaired) electrons. The van der Waals surface area contributed by atoms with Gasteiger partial charge in [-0.05, 0) is 103 Å². The van der Waals surface area contributed by atoms with Gasteiger partial charge in [0.15, 0.2) is 5.82 Å². The number of para-hydroxylation sites is 1. The van der Waals surface area contributed by atoms with Gasteiger partial charge < -0.3 is 9.47 Å². The fourth-order valence-electron chi connectivity index (χ4n) is 4.65. The number of benzene rings is 4. The summed E-state index contributed by atoms with van der Waals surface area (Å²) in [5, 5.41) is 6.13. The number of nitrogens with zero attached hydrogens (tertiary/aromatic N) is 3. The van der Waals surface area contributed by atoms with Crippen molar-refractivity contribution in [1.82, 2.24) is 9.66 Å². The molecule has 0 saturated carbocycles. The van der Waals surface area contributed by atoms with Crippen molar-refractivity contribution < 1.29 is 9.47 Å². The number of aryl methyl sites for hydroxylation is 1. The van der Waals surface area contributed by atoms with Gasteiger partial charge in [0.25, 0.3) is 5.56 Å². The van der Waals surface area contributed by atoms with Crippen LogP contribution in [-0.2, 0) is 6.61 Å². The minimum Gasteiger partial charge on any atom is -0.494 e. The number of hydrogen-bond acceptors (Lipinski definition) is 5. The average molecular weight is 601 g/mol. The Bertz CT molecular complexity index is 1830. The zero-order valence-electron chi connectivity index (χ0n) is 23.9. The van der Waals surface area contributed by atoms with Gasteiger partial charge in [0.05, 0.1) is 33.8 Å². The quantitative estimate of drug-likeness (QED) is 0.159. The zero-order valence-corrected chi connectivity index (χ0v) is 25.4. The summed E-state index contributed by atoms with van der Waals surface area (Å²) in [4.78, 5) is 18.6. The summed E-state index contributed by atoms with van der Waals surface area (Å²) in [5.74, 6) is 2.22. The minimum atomic E-state index is -0.243. The van der Waals surface area contributed by atoms with Crippen molar-refractivity contribution in [3.63, 3.8) is 0 Å². The summed E-state index contributed by atoms with van der Waals surface area (Å²) in [6, 6.07) is 24.3. The van der Waals surface area contributed by atoms with E-state index >= 15 is 0 Å². The van der Waals surface area contributed by atoms with Crippen molar-refractivity contribution in [1.29, 1.82) is 0 Å². The Kier molecular flexibility index (Phi) is 8.95. The molecule has 42 heavy (non-hydrogen) atoms. The molecule has 0 unspecified atom stereocenters. The number of halogens is 2. The van der Waals surface area contributed by atoms with Gasteiger partial charge >= 0.3 is 0 Å². The maximum absolute atomic E-state index is 13.7. The van der Waals surface area contributed by atoms with Crippen LogP contribution in [0.3, 0.4) is 0 Å². The molecule has 0 bridgehead atoms. The lowest BCUT2D eigenvalue weighted by atomic mass is 9.96. The van der Waals surface area contributed by atoms with E-state index in [0.717, 1.165) is 33.6 Å². The molecule has 8 heteroatoms. The Hall–Kier alpha value is -4.13. The zero-order chi connectivity index (χ0) is 29.8. The fraction of sp³-hybridized carbons (Fsp3) is 0.206.